The third kappa shape index (κ3) is 4.57. The van der Waals surface area contributed by atoms with Crippen LogP contribution in [0.4, 0.5) is 0 Å². The number of sulfonamides is 1. The van der Waals surface area contributed by atoms with E-state index in [-0.39, 0.29) is 24.0 Å². The molecule has 4 rings (SSSR count). The highest BCUT2D eigenvalue weighted by Gasteiger charge is 2.30. The number of hydrogen-bond acceptors (Lipinski definition) is 7. The average Bonchev–Trinajstić information content (AvgIpc) is 3.41. The molecule has 2 aromatic heterocycles. The van der Waals surface area contributed by atoms with Crippen LogP contribution in [0.15, 0.2) is 41.8 Å². The number of carbonyl (C=O) groups excluding carboxylic acids is 1. The Morgan fingerprint density at radius 3 is 2.61 bits per heavy atom. The number of imidazole rings is 1. The molecule has 0 spiro atoms. The summed E-state index contributed by atoms with van der Waals surface area (Å²) in [4.78, 5) is 18.7. The molecule has 0 atom stereocenters. The number of aromatic amines is 1. The summed E-state index contributed by atoms with van der Waals surface area (Å²) >= 11 is 0. The van der Waals surface area contributed by atoms with Crippen LogP contribution in [-0.2, 0) is 17.1 Å². The molecule has 1 aliphatic rings. The van der Waals surface area contributed by atoms with Crippen molar-refractivity contribution in [1.29, 1.82) is 0 Å². The zero-order valence-corrected chi connectivity index (χ0v) is 19.5. The monoisotopic (exact) mass is 474 g/mol. The molecule has 12 heteroatoms. The molecule has 3 aromatic rings. The standard InChI is InChI=1S/C21H26N6O5S/c1-25-13-20(22-14-25)33(29,30)27-8-4-7-26(9-10-27)21(28)18-12-17(23-24-18)16-11-15(31-2)5-6-19(16)32-3/h5-6,11-14H,4,7-10H2,1-3H3,(H,23,24). The predicted molar refractivity (Wildman–Crippen MR) is 120 cm³/mol. The molecule has 1 aromatic carbocycles. The van der Waals surface area contributed by atoms with Crippen LogP contribution in [0.25, 0.3) is 11.3 Å². The van der Waals surface area contributed by atoms with E-state index >= 15 is 0 Å². The molecule has 0 saturated carbocycles. The molecule has 1 aliphatic heterocycles. The number of aromatic nitrogens is 4. The van der Waals surface area contributed by atoms with Gasteiger partial charge in [0.15, 0.2) is 5.03 Å². The summed E-state index contributed by atoms with van der Waals surface area (Å²) in [6, 6.07) is 7.00. The van der Waals surface area contributed by atoms with Crippen LogP contribution in [0.2, 0.25) is 0 Å². The lowest BCUT2D eigenvalue weighted by Gasteiger charge is -2.20. The SMILES string of the molecule is COc1ccc(OC)c(-c2cc(C(=O)N3CCCN(S(=O)(=O)c4cn(C)cn4)CC3)[nH]n2)c1. The lowest BCUT2D eigenvalue weighted by Crippen LogP contribution is -2.37. The molecule has 1 amide bonds. The summed E-state index contributed by atoms with van der Waals surface area (Å²) in [6.07, 6.45) is 3.44. The number of nitrogens with one attached hydrogen (secondary N) is 1. The predicted octanol–water partition coefficient (Wildman–Crippen LogP) is 1.36. The number of methoxy groups -OCH3 is 2. The maximum Gasteiger partial charge on any atom is 0.271 e. The van der Waals surface area contributed by atoms with Crippen molar-refractivity contribution in [2.75, 3.05) is 40.4 Å². The molecule has 0 unspecified atom stereocenters. The first-order valence-electron chi connectivity index (χ1n) is 10.4. The van der Waals surface area contributed by atoms with Crippen molar-refractivity contribution in [2.45, 2.75) is 11.4 Å². The highest BCUT2D eigenvalue weighted by Crippen LogP contribution is 2.32. The summed E-state index contributed by atoms with van der Waals surface area (Å²) in [6.45, 7) is 1.21. The van der Waals surface area contributed by atoms with Crippen LogP contribution >= 0.6 is 0 Å². The van der Waals surface area contributed by atoms with E-state index in [4.69, 9.17) is 9.47 Å². The number of nitrogens with zero attached hydrogens (tertiary/aromatic N) is 5. The Labute approximate surface area is 192 Å². The Kier molecular flexibility index (Phi) is 6.38. The largest absolute Gasteiger partial charge is 0.497 e. The topological polar surface area (TPSA) is 123 Å². The maximum atomic E-state index is 13.1. The van der Waals surface area contributed by atoms with Crippen molar-refractivity contribution in [3.8, 4) is 22.8 Å². The van der Waals surface area contributed by atoms with Gasteiger partial charge in [0.1, 0.15) is 17.2 Å². The second kappa shape index (κ2) is 9.24. The van der Waals surface area contributed by atoms with Gasteiger partial charge in [-0.1, -0.05) is 0 Å². The molecule has 11 nitrogen and oxygen atoms in total. The van der Waals surface area contributed by atoms with Crippen LogP contribution < -0.4 is 9.47 Å². The maximum absolute atomic E-state index is 13.1. The number of aryl methyl sites for hydroxylation is 1. The van der Waals surface area contributed by atoms with E-state index in [9.17, 15) is 13.2 Å². The second-order valence-corrected chi connectivity index (χ2v) is 9.55. The number of H-pyrrole nitrogens is 1. The Morgan fingerprint density at radius 2 is 1.91 bits per heavy atom. The van der Waals surface area contributed by atoms with E-state index in [1.54, 1.807) is 55.0 Å². The molecule has 0 radical (unpaired) electrons. The van der Waals surface area contributed by atoms with E-state index in [1.807, 2.05) is 0 Å². The summed E-state index contributed by atoms with van der Waals surface area (Å²) in [7, 11) is 1.14. The number of benzene rings is 1. The Balaban J connectivity index is 1.49. The zero-order chi connectivity index (χ0) is 23.6. The van der Waals surface area contributed by atoms with Crippen LogP contribution in [0.1, 0.15) is 16.9 Å². The van der Waals surface area contributed by atoms with Crippen molar-refractivity contribution in [3.63, 3.8) is 0 Å². The highest BCUT2D eigenvalue weighted by molar-refractivity contribution is 7.89. The van der Waals surface area contributed by atoms with Gasteiger partial charge in [-0.3, -0.25) is 9.89 Å². The van der Waals surface area contributed by atoms with E-state index in [0.29, 0.717) is 48.0 Å². The third-order valence-electron chi connectivity index (χ3n) is 5.52. The number of hydrogen-bond donors (Lipinski definition) is 1. The molecule has 3 heterocycles. The fourth-order valence-electron chi connectivity index (χ4n) is 3.75. The molecule has 0 bridgehead atoms. The molecular formula is C21H26N6O5S. The Morgan fingerprint density at radius 1 is 1.09 bits per heavy atom. The first-order chi connectivity index (χ1) is 15.8. The first kappa shape index (κ1) is 22.8. The molecule has 0 aliphatic carbocycles. The van der Waals surface area contributed by atoms with Gasteiger partial charge in [-0.15, -0.1) is 0 Å². The molecule has 176 valence electrons. The molecule has 1 N–H and O–H groups in total. The smallest absolute Gasteiger partial charge is 0.271 e. The van der Waals surface area contributed by atoms with Gasteiger partial charge < -0.3 is 18.9 Å². The van der Waals surface area contributed by atoms with Gasteiger partial charge in [-0.05, 0) is 30.7 Å². The van der Waals surface area contributed by atoms with Gasteiger partial charge in [-0.2, -0.15) is 9.40 Å². The van der Waals surface area contributed by atoms with E-state index < -0.39 is 10.0 Å². The molecular weight excluding hydrogens is 448 g/mol. The van der Waals surface area contributed by atoms with Crippen molar-refractivity contribution in [2.24, 2.45) is 7.05 Å². The summed E-state index contributed by atoms with van der Waals surface area (Å²) in [5, 5.41) is 7.09. The van der Waals surface area contributed by atoms with Crippen LogP contribution in [0.5, 0.6) is 11.5 Å². The first-order valence-corrected chi connectivity index (χ1v) is 11.8. The fraction of sp³-hybridized carbons (Fsp3) is 0.381. The molecule has 1 fully saturated rings. The van der Waals surface area contributed by atoms with E-state index in [1.165, 1.54) is 16.8 Å². The molecule has 1 saturated heterocycles. The highest BCUT2D eigenvalue weighted by atomic mass is 32.2. The van der Waals surface area contributed by atoms with Gasteiger partial charge >= 0.3 is 0 Å². The van der Waals surface area contributed by atoms with Crippen molar-refractivity contribution in [1.82, 2.24) is 29.0 Å². The fourth-order valence-corrected chi connectivity index (χ4v) is 5.18. The lowest BCUT2D eigenvalue weighted by molar-refractivity contribution is 0.0758. The normalized spacial score (nSPS) is 15.3. The minimum Gasteiger partial charge on any atom is -0.497 e. The van der Waals surface area contributed by atoms with Gasteiger partial charge in [0.2, 0.25) is 0 Å². The lowest BCUT2D eigenvalue weighted by atomic mass is 10.1. The summed E-state index contributed by atoms with van der Waals surface area (Å²) in [5.74, 6) is 1.00. The zero-order valence-electron chi connectivity index (χ0n) is 18.7. The number of amides is 1. The second-order valence-electron chi connectivity index (χ2n) is 7.66. The summed E-state index contributed by atoms with van der Waals surface area (Å²) in [5.41, 5.74) is 1.55. The van der Waals surface area contributed by atoms with Gasteiger partial charge in [-0.25, -0.2) is 13.4 Å². The average molecular weight is 475 g/mol. The Bertz CT molecular complexity index is 1250. The van der Waals surface area contributed by atoms with Gasteiger partial charge in [0.05, 0.1) is 26.2 Å². The Hall–Kier alpha value is -3.38. The quantitative estimate of drug-likeness (QED) is 0.572. The number of ether oxygens (including phenoxy) is 2. The van der Waals surface area contributed by atoms with Crippen molar-refractivity contribution < 1.29 is 22.7 Å². The van der Waals surface area contributed by atoms with Crippen LogP contribution in [0, 0.1) is 0 Å². The van der Waals surface area contributed by atoms with E-state index in [2.05, 4.69) is 15.2 Å². The van der Waals surface area contributed by atoms with Crippen LogP contribution in [0.3, 0.4) is 0 Å². The number of carbonyl (C=O) groups is 1. The van der Waals surface area contributed by atoms with Gasteiger partial charge in [0.25, 0.3) is 15.9 Å². The minimum atomic E-state index is -3.71. The minimum absolute atomic E-state index is 0.00947. The number of rotatable bonds is 6. The van der Waals surface area contributed by atoms with Gasteiger partial charge in [0, 0.05) is 45.0 Å². The van der Waals surface area contributed by atoms with Crippen LogP contribution in [-0.4, -0.2) is 83.7 Å². The van der Waals surface area contributed by atoms with Crippen molar-refractivity contribution in [3.05, 3.63) is 42.5 Å². The van der Waals surface area contributed by atoms with Crippen molar-refractivity contribution >= 4 is 15.9 Å². The third-order valence-corrected chi connectivity index (χ3v) is 7.30. The van der Waals surface area contributed by atoms with E-state index in [0.717, 1.165) is 0 Å². The summed E-state index contributed by atoms with van der Waals surface area (Å²) < 4.78 is 39.4. The molecule has 33 heavy (non-hydrogen) atoms.